The third-order valence-electron chi connectivity index (χ3n) is 5.02. The molecule has 0 spiro atoms. The largest absolute Gasteiger partial charge is 0.327 e. The Morgan fingerprint density at radius 3 is 2.95 bits per heavy atom. The number of rotatable bonds is 1. The number of nitrogens with zero attached hydrogens (tertiary/aromatic N) is 1. The van der Waals surface area contributed by atoms with Crippen molar-refractivity contribution >= 4 is 6.21 Å². The predicted molar refractivity (Wildman–Crippen MR) is 81.4 cm³/mol. The van der Waals surface area contributed by atoms with Gasteiger partial charge in [0.05, 0.1) is 0 Å². The fourth-order valence-corrected chi connectivity index (χ4v) is 3.81. The summed E-state index contributed by atoms with van der Waals surface area (Å²) in [5.41, 5.74) is 9.22. The molecular formula is C17H26N2. The third kappa shape index (κ3) is 3.17. The van der Waals surface area contributed by atoms with Gasteiger partial charge in [0, 0.05) is 12.6 Å². The number of allylic oxidation sites excluding steroid dienone is 3. The first-order chi connectivity index (χ1) is 9.33. The Labute approximate surface area is 116 Å². The summed E-state index contributed by atoms with van der Waals surface area (Å²) in [6.45, 7) is 1.06. The first-order valence-corrected chi connectivity index (χ1v) is 7.96. The highest BCUT2D eigenvalue weighted by molar-refractivity contribution is 5.59. The first-order valence-electron chi connectivity index (χ1n) is 7.96. The van der Waals surface area contributed by atoms with Crippen LogP contribution in [0.25, 0.3) is 0 Å². The van der Waals surface area contributed by atoms with E-state index < -0.39 is 0 Å². The van der Waals surface area contributed by atoms with Crippen molar-refractivity contribution in [2.24, 2.45) is 22.6 Å². The minimum absolute atomic E-state index is 0.394. The summed E-state index contributed by atoms with van der Waals surface area (Å²) in [6, 6.07) is 0.394. The van der Waals surface area contributed by atoms with Crippen molar-refractivity contribution in [2.75, 3.05) is 6.54 Å². The van der Waals surface area contributed by atoms with E-state index in [1.54, 1.807) is 11.1 Å². The minimum Gasteiger partial charge on any atom is -0.327 e. The van der Waals surface area contributed by atoms with Crippen molar-refractivity contribution in [2.45, 2.75) is 57.4 Å². The van der Waals surface area contributed by atoms with Crippen LogP contribution in [-0.4, -0.2) is 18.8 Å². The Balaban J connectivity index is 1.79. The molecule has 0 aromatic carbocycles. The standard InChI is InChI=1S/C17H26N2/c18-16-7-5-13(6-8-16)11-14-3-1-2-4-15-12-19-10-9-17(14)15/h5,10-11,15-17H,1-4,6-9,12,18H2/b14-11+. The molecule has 0 aromatic rings. The average molecular weight is 258 g/mol. The second-order valence-electron chi connectivity index (χ2n) is 6.43. The van der Waals surface area contributed by atoms with Gasteiger partial charge in [0.2, 0.25) is 0 Å². The summed E-state index contributed by atoms with van der Waals surface area (Å²) in [6.07, 6.45) is 17.1. The van der Waals surface area contributed by atoms with Crippen LogP contribution in [-0.2, 0) is 0 Å². The van der Waals surface area contributed by atoms with Crippen molar-refractivity contribution in [3.8, 4) is 0 Å². The van der Waals surface area contributed by atoms with Crippen molar-refractivity contribution < 1.29 is 0 Å². The van der Waals surface area contributed by atoms with Gasteiger partial charge in [-0.15, -0.1) is 0 Å². The normalized spacial score (nSPS) is 37.6. The zero-order chi connectivity index (χ0) is 13.1. The number of aliphatic imine (C=N–C) groups is 1. The third-order valence-corrected chi connectivity index (χ3v) is 5.02. The fourth-order valence-electron chi connectivity index (χ4n) is 3.81. The molecule has 1 fully saturated rings. The second-order valence-corrected chi connectivity index (χ2v) is 6.43. The molecule has 3 rings (SSSR count). The van der Waals surface area contributed by atoms with Gasteiger partial charge in [-0.05, 0) is 63.0 Å². The first kappa shape index (κ1) is 13.1. The van der Waals surface area contributed by atoms with Crippen LogP contribution in [0, 0.1) is 11.8 Å². The van der Waals surface area contributed by atoms with E-state index in [1.807, 2.05) is 0 Å². The highest BCUT2D eigenvalue weighted by atomic mass is 14.7. The number of hydrogen-bond acceptors (Lipinski definition) is 2. The smallest absolute Gasteiger partial charge is 0.0419 e. The van der Waals surface area contributed by atoms with Crippen molar-refractivity contribution in [3.63, 3.8) is 0 Å². The van der Waals surface area contributed by atoms with Gasteiger partial charge in [-0.3, -0.25) is 4.99 Å². The summed E-state index contributed by atoms with van der Waals surface area (Å²) in [7, 11) is 0. The Morgan fingerprint density at radius 2 is 2.11 bits per heavy atom. The maximum Gasteiger partial charge on any atom is 0.0419 e. The van der Waals surface area contributed by atoms with E-state index in [-0.39, 0.29) is 0 Å². The molecule has 2 nitrogen and oxygen atoms in total. The lowest BCUT2D eigenvalue weighted by Crippen LogP contribution is -2.23. The molecular weight excluding hydrogens is 232 g/mol. The lowest BCUT2D eigenvalue weighted by atomic mass is 9.79. The van der Waals surface area contributed by atoms with Gasteiger partial charge in [-0.2, -0.15) is 0 Å². The van der Waals surface area contributed by atoms with E-state index in [4.69, 9.17) is 5.73 Å². The minimum atomic E-state index is 0.394. The van der Waals surface area contributed by atoms with Crippen LogP contribution in [0.5, 0.6) is 0 Å². The Kier molecular flexibility index (Phi) is 4.17. The average Bonchev–Trinajstić information content (AvgIpc) is 2.64. The summed E-state index contributed by atoms with van der Waals surface area (Å²) >= 11 is 0. The molecule has 0 aromatic heterocycles. The van der Waals surface area contributed by atoms with Crippen LogP contribution in [0.15, 0.2) is 28.3 Å². The Bertz CT molecular complexity index is 405. The van der Waals surface area contributed by atoms with Gasteiger partial charge >= 0.3 is 0 Å². The van der Waals surface area contributed by atoms with Gasteiger partial charge in [-0.25, -0.2) is 0 Å². The number of hydrogen-bond donors (Lipinski definition) is 1. The maximum absolute atomic E-state index is 5.98. The van der Waals surface area contributed by atoms with Crippen molar-refractivity contribution in [1.29, 1.82) is 0 Å². The number of fused-ring (bicyclic) bond motifs is 1. The van der Waals surface area contributed by atoms with Crippen LogP contribution in [0.4, 0.5) is 0 Å². The molecule has 2 aliphatic carbocycles. The van der Waals surface area contributed by atoms with E-state index in [2.05, 4.69) is 23.4 Å². The van der Waals surface area contributed by atoms with Gasteiger partial charge in [-0.1, -0.05) is 29.7 Å². The number of nitrogens with two attached hydrogens (primary N) is 1. The van der Waals surface area contributed by atoms with Gasteiger partial charge in [0.1, 0.15) is 0 Å². The van der Waals surface area contributed by atoms with E-state index in [9.17, 15) is 0 Å². The van der Waals surface area contributed by atoms with E-state index in [0.29, 0.717) is 6.04 Å². The van der Waals surface area contributed by atoms with Gasteiger partial charge in [0.25, 0.3) is 0 Å². The maximum atomic E-state index is 5.98. The van der Waals surface area contributed by atoms with Crippen LogP contribution in [0.3, 0.4) is 0 Å². The molecule has 3 atom stereocenters. The van der Waals surface area contributed by atoms with Crippen LogP contribution >= 0.6 is 0 Å². The second kappa shape index (κ2) is 6.04. The Morgan fingerprint density at radius 1 is 1.16 bits per heavy atom. The van der Waals surface area contributed by atoms with E-state index in [1.165, 1.54) is 38.5 Å². The van der Waals surface area contributed by atoms with Crippen LogP contribution in [0.1, 0.15) is 51.4 Å². The lowest BCUT2D eigenvalue weighted by Gasteiger charge is -2.28. The Hall–Kier alpha value is -0.890. The predicted octanol–water partition coefficient (Wildman–Crippen LogP) is 3.63. The molecule has 1 saturated carbocycles. The summed E-state index contributed by atoms with van der Waals surface area (Å²) in [5, 5.41) is 0. The molecule has 104 valence electrons. The molecule has 0 saturated heterocycles. The molecule has 1 aliphatic heterocycles. The molecule has 0 bridgehead atoms. The summed E-state index contributed by atoms with van der Waals surface area (Å²) in [4.78, 5) is 4.51. The van der Waals surface area contributed by atoms with E-state index in [0.717, 1.165) is 31.2 Å². The monoisotopic (exact) mass is 258 g/mol. The SMILES string of the molecule is NC1CC=C(/C=C2\CCCCC3CN=CCC23)CC1. The molecule has 3 aliphatic rings. The molecule has 3 unspecified atom stereocenters. The van der Waals surface area contributed by atoms with Crippen molar-refractivity contribution in [1.82, 2.24) is 0 Å². The van der Waals surface area contributed by atoms with Crippen LogP contribution in [0.2, 0.25) is 0 Å². The highest BCUT2D eigenvalue weighted by Crippen LogP contribution is 2.38. The fraction of sp³-hybridized carbons (Fsp3) is 0.706. The quantitative estimate of drug-likeness (QED) is 0.766. The molecule has 2 heteroatoms. The van der Waals surface area contributed by atoms with Gasteiger partial charge in [0.15, 0.2) is 0 Å². The zero-order valence-corrected chi connectivity index (χ0v) is 11.9. The summed E-state index contributed by atoms with van der Waals surface area (Å²) in [5.74, 6) is 1.58. The molecule has 1 heterocycles. The van der Waals surface area contributed by atoms with E-state index >= 15 is 0 Å². The van der Waals surface area contributed by atoms with Gasteiger partial charge < -0.3 is 5.73 Å². The highest BCUT2D eigenvalue weighted by Gasteiger charge is 2.28. The summed E-state index contributed by atoms with van der Waals surface area (Å²) < 4.78 is 0. The lowest BCUT2D eigenvalue weighted by molar-refractivity contribution is 0.369. The molecule has 0 amide bonds. The molecule has 2 N–H and O–H groups in total. The molecule has 19 heavy (non-hydrogen) atoms. The molecule has 0 radical (unpaired) electrons. The topological polar surface area (TPSA) is 38.4 Å². The zero-order valence-electron chi connectivity index (χ0n) is 11.9. The van der Waals surface area contributed by atoms with Crippen LogP contribution < -0.4 is 5.73 Å². The van der Waals surface area contributed by atoms with Crippen molar-refractivity contribution in [3.05, 3.63) is 23.3 Å².